The van der Waals surface area contributed by atoms with Gasteiger partial charge in [-0.2, -0.15) is 0 Å². The van der Waals surface area contributed by atoms with Gasteiger partial charge in [0.1, 0.15) is 0 Å². The number of nitrogens with zero attached hydrogens (tertiary/aromatic N) is 1. The predicted molar refractivity (Wildman–Crippen MR) is 81.5 cm³/mol. The lowest BCUT2D eigenvalue weighted by atomic mass is 9.94. The van der Waals surface area contributed by atoms with Crippen LogP contribution in [0.3, 0.4) is 0 Å². The van der Waals surface area contributed by atoms with Gasteiger partial charge in [-0.1, -0.05) is 48.0 Å². The quantitative estimate of drug-likeness (QED) is 0.403. The molecule has 0 N–H and O–H groups in total. The summed E-state index contributed by atoms with van der Waals surface area (Å²) in [6.45, 7) is 0.315. The van der Waals surface area contributed by atoms with E-state index in [4.69, 9.17) is 1.37 Å². The second-order valence-electron chi connectivity index (χ2n) is 4.85. The van der Waals surface area contributed by atoms with Gasteiger partial charge in [0.15, 0.2) is 0 Å². The molecule has 0 radical (unpaired) electrons. The molecule has 0 bridgehead atoms. The molecule has 0 unspecified atom stereocenters. The Morgan fingerprint density at radius 3 is 2.37 bits per heavy atom. The van der Waals surface area contributed by atoms with Crippen LogP contribution in [0.4, 0.5) is 0 Å². The molecule has 0 aliphatic rings. The molecule has 0 spiro atoms. The summed E-state index contributed by atoms with van der Waals surface area (Å²) in [5.41, 5.74) is 1.05. The first-order chi connectivity index (χ1) is 9.88. The van der Waals surface area contributed by atoms with Crippen molar-refractivity contribution in [2.75, 3.05) is 0 Å². The molecule has 0 saturated heterocycles. The second-order valence-corrected chi connectivity index (χ2v) is 4.85. The van der Waals surface area contributed by atoms with Gasteiger partial charge in [0, 0.05) is 19.2 Å². The van der Waals surface area contributed by atoms with Gasteiger partial charge >= 0.3 is 0 Å². The number of pyridine rings is 1. The normalized spacial score (nSPS) is 12.1. The lowest BCUT2D eigenvalue weighted by molar-refractivity contribution is 1.37. The minimum Gasteiger partial charge on any atom is -0.264 e. The van der Waals surface area contributed by atoms with Crippen LogP contribution in [0.1, 0.15) is 6.93 Å². The van der Waals surface area contributed by atoms with Crippen molar-refractivity contribution in [3.63, 3.8) is 0 Å². The van der Waals surface area contributed by atoms with Gasteiger partial charge in [0.2, 0.25) is 0 Å². The van der Waals surface area contributed by atoms with E-state index in [2.05, 4.69) is 47.4 Å². The van der Waals surface area contributed by atoms with E-state index in [-0.39, 0.29) is 0 Å². The van der Waals surface area contributed by atoms with E-state index in [0.717, 1.165) is 5.56 Å². The zero-order chi connectivity index (χ0) is 13.5. The van der Waals surface area contributed by atoms with Crippen LogP contribution >= 0.6 is 0 Å². The molecule has 1 aromatic heterocycles. The second kappa shape index (κ2) is 3.79. The predicted octanol–water partition coefficient (Wildman–Crippen LogP) is 4.85. The molecule has 0 aliphatic heterocycles. The number of fused-ring (bicyclic) bond motifs is 6. The molecule has 3 aromatic carbocycles. The van der Waals surface area contributed by atoms with Gasteiger partial charge < -0.3 is 0 Å². The van der Waals surface area contributed by atoms with E-state index in [0.29, 0.717) is 6.90 Å². The average molecular weight is 244 g/mol. The topological polar surface area (TPSA) is 12.9 Å². The lowest BCUT2D eigenvalue weighted by Crippen LogP contribution is -1.84. The van der Waals surface area contributed by atoms with E-state index >= 15 is 0 Å². The van der Waals surface area contributed by atoms with Crippen LogP contribution in [-0.4, -0.2) is 4.98 Å². The molecule has 1 nitrogen and oxygen atoms in total. The number of hydrogen-bond donors (Lipinski definition) is 0. The monoisotopic (exact) mass is 244 g/mol. The first-order valence-corrected chi connectivity index (χ1v) is 6.35. The largest absolute Gasteiger partial charge is 0.264 e. The molecule has 0 amide bonds. The summed E-state index contributed by atoms with van der Waals surface area (Å²) < 4.78 is 7.58. The Balaban J connectivity index is 2.35. The van der Waals surface area contributed by atoms with E-state index in [1.807, 2.05) is 18.5 Å². The average Bonchev–Trinajstić information content (AvgIpc) is 2.54. The highest BCUT2D eigenvalue weighted by Crippen LogP contribution is 2.34. The molecule has 0 atom stereocenters. The highest BCUT2D eigenvalue weighted by atomic mass is 14.6. The maximum atomic E-state index is 7.58. The number of hydrogen-bond acceptors (Lipinski definition) is 1. The Hall–Kier alpha value is -2.41. The van der Waals surface area contributed by atoms with Crippen molar-refractivity contribution in [3.05, 3.63) is 66.5 Å². The summed E-state index contributed by atoms with van der Waals surface area (Å²) in [6, 6.07) is 16.8. The zero-order valence-electron chi connectivity index (χ0n) is 11.4. The molecule has 1 heterocycles. The Morgan fingerprint density at radius 2 is 1.53 bits per heavy atom. The third kappa shape index (κ3) is 1.45. The van der Waals surface area contributed by atoms with Crippen LogP contribution in [0, 0.1) is 6.90 Å². The Kier molecular flexibility index (Phi) is 1.90. The Morgan fingerprint density at radius 1 is 0.789 bits per heavy atom. The lowest BCUT2D eigenvalue weighted by Gasteiger charge is -2.10. The highest BCUT2D eigenvalue weighted by Gasteiger charge is 2.07. The van der Waals surface area contributed by atoms with Crippen molar-refractivity contribution in [3.8, 4) is 0 Å². The molecule has 4 rings (SSSR count). The van der Waals surface area contributed by atoms with Gasteiger partial charge in [0.25, 0.3) is 0 Å². The summed E-state index contributed by atoms with van der Waals surface area (Å²) in [5.74, 6) is 0. The minimum atomic E-state index is 0.315. The summed E-state index contributed by atoms with van der Waals surface area (Å²) in [5, 5.41) is 7.34. The molecule has 0 saturated carbocycles. The van der Waals surface area contributed by atoms with Gasteiger partial charge in [-0.15, -0.1) is 0 Å². The van der Waals surface area contributed by atoms with E-state index in [9.17, 15) is 0 Å². The van der Waals surface area contributed by atoms with Crippen LogP contribution in [0.25, 0.3) is 32.3 Å². The maximum Gasteiger partial charge on any atom is 0.0352 e. The van der Waals surface area contributed by atoms with Crippen LogP contribution in [0.15, 0.2) is 60.9 Å². The van der Waals surface area contributed by atoms with Crippen LogP contribution in [-0.2, 0) is 0 Å². The minimum absolute atomic E-state index is 0.315. The molecule has 0 fully saturated rings. The van der Waals surface area contributed by atoms with Crippen LogP contribution in [0.2, 0.25) is 0 Å². The molecular formula is C18H13N. The van der Waals surface area contributed by atoms with Crippen molar-refractivity contribution in [2.45, 2.75) is 6.90 Å². The van der Waals surface area contributed by atoms with Crippen LogP contribution in [0.5, 0.6) is 0 Å². The highest BCUT2D eigenvalue weighted by molar-refractivity contribution is 6.25. The fourth-order valence-corrected chi connectivity index (χ4v) is 2.85. The Bertz CT molecular complexity index is 908. The molecule has 19 heavy (non-hydrogen) atoms. The van der Waals surface area contributed by atoms with Crippen LogP contribution < -0.4 is 0 Å². The number of rotatable bonds is 0. The molecular weight excluding hydrogens is 230 g/mol. The summed E-state index contributed by atoms with van der Waals surface area (Å²) >= 11 is 0. The smallest absolute Gasteiger partial charge is 0.0352 e. The van der Waals surface area contributed by atoms with E-state index in [1.165, 1.54) is 32.3 Å². The molecule has 1 heteroatoms. The molecule has 0 aliphatic carbocycles. The van der Waals surface area contributed by atoms with Crippen molar-refractivity contribution < 1.29 is 1.37 Å². The van der Waals surface area contributed by atoms with Crippen molar-refractivity contribution in [2.24, 2.45) is 0 Å². The summed E-state index contributed by atoms with van der Waals surface area (Å²) in [7, 11) is 0. The SMILES string of the molecule is [2H]Cc1ccc2c3cnccc3c3ccccc3c2c1. The third-order valence-electron chi connectivity index (χ3n) is 3.70. The zero-order valence-corrected chi connectivity index (χ0v) is 10.4. The van der Waals surface area contributed by atoms with Crippen molar-refractivity contribution in [1.82, 2.24) is 4.98 Å². The number of aryl methyl sites for hydroxylation is 1. The fourth-order valence-electron chi connectivity index (χ4n) is 2.85. The van der Waals surface area contributed by atoms with Gasteiger partial charge in [-0.05, 0) is 39.9 Å². The Labute approximate surface area is 112 Å². The van der Waals surface area contributed by atoms with E-state index < -0.39 is 0 Å². The van der Waals surface area contributed by atoms with Gasteiger partial charge in [0.05, 0.1) is 0 Å². The van der Waals surface area contributed by atoms with Crippen molar-refractivity contribution >= 4 is 32.3 Å². The number of aromatic nitrogens is 1. The van der Waals surface area contributed by atoms with E-state index in [1.54, 1.807) is 0 Å². The molecule has 90 valence electrons. The number of benzene rings is 3. The summed E-state index contributed by atoms with van der Waals surface area (Å²) in [4.78, 5) is 4.28. The van der Waals surface area contributed by atoms with Crippen molar-refractivity contribution in [1.29, 1.82) is 0 Å². The van der Waals surface area contributed by atoms with Gasteiger partial charge in [-0.3, -0.25) is 4.98 Å². The third-order valence-corrected chi connectivity index (χ3v) is 3.70. The molecule has 4 aromatic rings. The summed E-state index contributed by atoms with van der Waals surface area (Å²) in [6.07, 6.45) is 3.78. The maximum absolute atomic E-state index is 7.58. The first kappa shape index (κ1) is 9.51. The van der Waals surface area contributed by atoms with Gasteiger partial charge in [-0.25, -0.2) is 0 Å². The standard InChI is InChI=1S/C18H13N/c1-12-6-7-15-17(10-12)14-5-3-2-4-13(14)16-8-9-19-11-18(15)16/h2-11H,1H3/i1D. The fraction of sp³-hybridized carbons (Fsp3) is 0.0556. The first-order valence-electron chi connectivity index (χ1n) is 7.05.